The van der Waals surface area contributed by atoms with E-state index < -0.39 is 0 Å². The molecule has 16 heavy (non-hydrogen) atoms. The Hall–Kier alpha value is -1.44. The summed E-state index contributed by atoms with van der Waals surface area (Å²) in [6.07, 6.45) is 3.80. The second-order valence-electron chi connectivity index (χ2n) is 4.50. The number of rotatable bonds is 2. The maximum absolute atomic E-state index is 9.99. The van der Waals surface area contributed by atoms with Crippen LogP contribution in [0.2, 0.25) is 0 Å². The molecular formula is C14H18O2. The Morgan fingerprint density at radius 3 is 2.62 bits per heavy atom. The Kier molecular flexibility index (Phi) is 2.66. The minimum absolute atomic E-state index is 0.186. The Labute approximate surface area is 96.6 Å². The summed E-state index contributed by atoms with van der Waals surface area (Å²) in [5, 5.41) is 9.99. The van der Waals surface area contributed by atoms with Crippen LogP contribution in [-0.4, -0.2) is 11.2 Å². The third kappa shape index (κ3) is 1.49. The lowest BCUT2D eigenvalue weighted by Crippen LogP contribution is -2.11. The van der Waals surface area contributed by atoms with E-state index in [-0.39, 0.29) is 6.10 Å². The van der Waals surface area contributed by atoms with Gasteiger partial charge in [-0.05, 0) is 37.5 Å². The smallest absolute Gasteiger partial charge is 0.126 e. The first-order chi connectivity index (χ1) is 7.56. The van der Waals surface area contributed by atoms with E-state index in [2.05, 4.69) is 6.58 Å². The van der Waals surface area contributed by atoms with Gasteiger partial charge >= 0.3 is 0 Å². The molecule has 1 heterocycles. The van der Waals surface area contributed by atoms with Gasteiger partial charge in [0.05, 0.1) is 0 Å². The molecule has 0 saturated carbocycles. The average Bonchev–Trinajstić information content (AvgIpc) is 2.68. The topological polar surface area (TPSA) is 29.5 Å². The summed E-state index contributed by atoms with van der Waals surface area (Å²) in [4.78, 5) is 0. The van der Waals surface area contributed by atoms with Crippen molar-refractivity contribution in [2.24, 2.45) is 0 Å². The molecule has 1 aliphatic heterocycles. The number of hydrogen-bond acceptors (Lipinski definition) is 2. The third-order valence-corrected chi connectivity index (χ3v) is 3.49. The number of hydrogen-bond donors (Lipinski definition) is 1. The van der Waals surface area contributed by atoms with Crippen molar-refractivity contribution in [1.29, 1.82) is 0 Å². The van der Waals surface area contributed by atoms with E-state index in [0.29, 0.717) is 5.75 Å². The molecule has 0 saturated heterocycles. The van der Waals surface area contributed by atoms with E-state index in [9.17, 15) is 5.11 Å². The normalized spacial score (nSPS) is 18.1. The molecule has 0 radical (unpaired) electrons. The Morgan fingerprint density at radius 2 is 2.00 bits per heavy atom. The maximum Gasteiger partial charge on any atom is 0.126 e. The summed E-state index contributed by atoms with van der Waals surface area (Å²) < 4.78 is 5.91. The average molecular weight is 218 g/mol. The highest BCUT2D eigenvalue weighted by Gasteiger charge is 2.28. The van der Waals surface area contributed by atoms with E-state index in [1.807, 2.05) is 26.8 Å². The minimum Gasteiger partial charge on any atom is -0.507 e. The molecule has 2 rings (SSSR count). The lowest BCUT2D eigenvalue weighted by molar-refractivity contribution is 0.235. The lowest BCUT2D eigenvalue weighted by Gasteiger charge is -2.13. The molecule has 0 aromatic heterocycles. The first kappa shape index (κ1) is 11.1. The van der Waals surface area contributed by atoms with Gasteiger partial charge in [0, 0.05) is 18.4 Å². The SMILES string of the molecule is C=CCC1Cc2c(C)c(O)c(C)c(C)c2O1. The van der Waals surface area contributed by atoms with Crippen molar-refractivity contribution >= 4 is 0 Å². The molecule has 2 nitrogen and oxygen atoms in total. The van der Waals surface area contributed by atoms with Gasteiger partial charge in [-0.15, -0.1) is 6.58 Å². The van der Waals surface area contributed by atoms with Crippen molar-refractivity contribution in [2.75, 3.05) is 0 Å². The van der Waals surface area contributed by atoms with Gasteiger partial charge in [-0.3, -0.25) is 0 Å². The quantitative estimate of drug-likeness (QED) is 0.772. The first-order valence-electron chi connectivity index (χ1n) is 5.65. The largest absolute Gasteiger partial charge is 0.507 e. The van der Waals surface area contributed by atoms with Gasteiger partial charge in [0.2, 0.25) is 0 Å². The molecule has 0 spiro atoms. The Morgan fingerprint density at radius 1 is 1.31 bits per heavy atom. The van der Waals surface area contributed by atoms with Gasteiger partial charge in [0.15, 0.2) is 0 Å². The summed E-state index contributed by atoms with van der Waals surface area (Å²) >= 11 is 0. The highest BCUT2D eigenvalue weighted by atomic mass is 16.5. The lowest BCUT2D eigenvalue weighted by atomic mass is 9.96. The van der Waals surface area contributed by atoms with Gasteiger partial charge in [-0.1, -0.05) is 6.08 Å². The fourth-order valence-electron chi connectivity index (χ4n) is 2.33. The van der Waals surface area contributed by atoms with Crippen LogP contribution in [0.1, 0.15) is 28.7 Å². The number of ether oxygens (including phenoxy) is 1. The van der Waals surface area contributed by atoms with Crippen LogP contribution in [-0.2, 0) is 6.42 Å². The molecule has 86 valence electrons. The zero-order valence-corrected chi connectivity index (χ0v) is 10.1. The van der Waals surface area contributed by atoms with Gasteiger partial charge in [0.25, 0.3) is 0 Å². The molecule has 1 aromatic rings. The van der Waals surface area contributed by atoms with E-state index in [1.54, 1.807) is 0 Å². The predicted molar refractivity (Wildman–Crippen MR) is 65.3 cm³/mol. The van der Waals surface area contributed by atoms with E-state index >= 15 is 0 Å². The molecule has 2 heteroatoms. The van der Waals surface area contributed by atoms with Crippen molar-refractivity contribution in [2.45, 2.75) is 39.7 Å². The van der Waals surface area contributed by atoms with Crippen molar-refractivity contribution in [3.05, 3.63) is 34.9 Å². The standard InChI is InChI=1S/C14H18O2/c1-5-6-11-7-12-10(4)13(15)8(2)9(3)14(12)16-11/h5,11,15H,1,6-7H2,2-4H3. The van der Waals surface area contributed by atoms with E-state index in [4.69, 9.17) is 4.74 Å². The second-order valence-corrected chi connectivity index (χ2v) is 4.50. The maximum atomic E-state index is 9.99. The molecule has 1 aliphatic rings. The zero-order chi connectivity index (χ0) is 11.9. The fraction of sp³-hybridized carbons (Fsp3) is 0.429. The minimum atomic E-state index is 0.186. The third-order valence-electron chi connectivity index (χ3n) is 3.49. The highest BCUT2D eigenvalue weighted by Crippen LogP contribution is 2.42. The summed E-state index contributed by atoms with van der Waals surface area (Å²) in [5.41, 5.74) is 4.11. The van der Waals surface area contributed by atoms with Gasteiger partial charge in [-0.25, -0.2) is 0 Å². The molecule has 1 N–H and O–H groups in total. The molecule has 0 aliphatic carbocycles. The number of phenols is 1. The van der Waals surface area contributed by atoms with Gasteiger partial charge in [0.1, 0.15) is 17.6 Å². The van der Waals surface area contributed by atoms with Crippen LogP contribution in [0.4, 0.5) is 0 Å². The van der Waals surface area contributed by atoms with Crippen LogP contribution < -0.4 is 4.74 Å². The Bertz CT molecular complexity index is 410. The second kappa shape index (κ2) is 3.85. The molecular weight excluding hydrogens is 200 g/mol. The number of fused-ring (bicyclic) bond motifs is 1. The zero-order valence-electron chi connectivity index (χ0n) is 10.1. The number of benzene rings is 1. The summed E-state index contributed by atoms with van der Waals surface area (Å²) in [7, 11) is 0. The number of phenolic OH excluding ortho intramolecular Hbond substituents is 1. The van der Waals surface area contributed by atoms with Crippen molar-refractivity contribution in [3.63, 3.8) is 0 Å². The van der Waals surface area contributed by atoms with Crippen LogP contribution >= 0.6 is 0 Å². The summed E-state index contributed by atoms with van der Waals surface area (Å²) in [6, 6.07) is 0. The monoisotopic (exact) mass is 218 g/mol. The molecule has 1 unspecified atom stereocenters. The molecule has 1 aromatic carbocycles. The van der Waals surface area contributed by atoms with Crippen molar-refractivity contribution < 1.29 is 9.84 Å². The summed E-state index contributed by atoms with van der Waals surface area (Å²) in [6.45, 7) is 9.63. The fourth-order valence-corrected chi connectivity index (χ4v) is 2.33. The van der Waals surface area contributed by atoms with Crippen LogP contribution in [0.3, 0.4) is 0 Å². The number of aromatic hydroxyl groups is 1. The van der Waals surface area contributed by atoms with Crippen LogP contribution in [0.15, 0.2) is 12.7 Å². The van der Waals surface area contributed by atoms with Crippen LogP contribution in [0.25, 0.3) is 0 Å². The van der Waals surface area contributed by atoms with E-state index in [0.717, 1.165) is 40.8 Å². The summed E-state index contributed by atoms with van der Waals surface area (Å²) in [5.74, 6) is 1.39. The van der Waals surface area contributed by atoms with Crippen LogP contribution in [0, 0.1) is 20.8 Å². The van der Waals surface area contributed by atoms with Gasteiger partial charge < -0.3 is 9.84 Å². The van der Waals surface area contributed by atoms with Gasteiger partial charge in [-0.2, -0.15) is 0 Å². The molecule has 0 amide bonds. The predicted octanol–water partition coefficient (Wildman–Crippen LogP) is 3.20. The molecule has 0 fully saturated rings. The highest BCUT2D eigenvalue weighted by molar-refractivity contribution is 5.59. The molecule has 1 atom stereocenters. The van der Waals surface area contributed by atoms with Crippen molar-refractivity contribution in [1.82, 2.24) is 0 Å². The van der Waals surface area contributed by atoms with Crippen LogP contribution in [0.5, 0.6) is 11.5 Å². The Balaban J connectivity index is 2.49. The molecule has 0 bridgehead atoms. The van der Waals surface area contributed by atoms with E-state index in [1.165, 1.54) is 0 Å². The first-order valence-corrected chi connectivity index (χ1v) is 5.65. The van der Waals surface area contributed by atoms with Crippen molar-refractivity contribution in [3.8, 4) is 11.5 Å².